The Morgan fingerprint density at radius 2 is 2.00 bits per heavy atom. The molecule has 1 rings (SSSR count). The van der Waals surface area contributed by atoms with Gasteiger partial charge in [-0.15, -0.1) is 0 Å². The van der Waals surface area contributed by atoms with E-state index in [0.717, 1.165) is 0 Å². The monoisotopic (exact) mass is 158 g/mol. The molecule has 0 aromatic heterocycles. The van der Waals surface area contributed by atoms with Crippen molar-refractivity contribution in [3.8, 4) is 0 Å². The minimum absolute atomic E-state index is 1.15. The molecule has 0 aromatic carbocycles. The van der Waals surface area contributed by atoms with E-state index in [4.69, 9.17) is 0 Å². The zero-order chi connectivity index (χ0) is 7.78. The van der Waals surface area contributed by atoms with E-state index in [0.29, 0.717) is 0 Å². The van der Waals surface area contributed by atoms with E-state index in [1.54, 1.807) is 0 Å². The molecule has 1 aliphatic heterocycles. The number of rotatable bonds is 0. The van der Waals surface area contributed by atoms with Gasteiger partial charge in [0, 0.05) is 0 Å². The molecule has 58 valence electrons. The van der Waals surface area contributed by atoms with Crippen LogP contribution >= 0.6 is 0 Å². The second kappa shape index (κ2) is 2.03. The van der Waals surface area contributed by atoms with E-state index in [-0.39, 0.29) is 0 Å². The number of ether oxygens (including phenoxy) is 2. The molecule has 0 amide bonds. The smallest absolute Gasteiger partial charge is 0.435 e. The average molecular weight is 158 g/mol. The van der Waals surface area contributed by atoms with Crippen LogP contribution in [0.4, 0.5) is 17.6 Å². The van der Waals surface area contributed by atoms with Crippen molar-refractivity contribution in [1.29, 1.82) is 0 Å². The molecule has 1 heterocycles. The van der Waals surface area contributed by atoms with Crippen molar-refractivity contribution < 1.29 is 27.0 Å². The summed E-state index contributed by atoms with van der Waals surface area (Å²) in [6.45, 7) is -1.15. The summed E-state index contributed by atoms with van der Waals surface area (Å²) in [6, 6.07) is 0. The van der Waals surface area contributed by atoms with Gasteiger partial charge in [0.15, 0.2) is 6.61 Å². The highest BCUT2D eigenvalue weighted by Crippen LogP contribution is 2.30. The van der Waals surface area contributed by atoms with Gasteiger partial charge in [-0.25, -0.2) is 0 Å². The maximum absolute atomic E-state index is 11.8. The predicted octanol–water partition coefficient (Wildman–Crippen LogP) is 1.69. The Balaban J connectivity index is 2.69. The van der Waals surface area contributed by atoms with E-state index in [1.165, 1.54) is 0 Å². The predicted molar refractivity (Wildman–Crippen MR) is 21.2 cm³/mol. The summed E-state index contributed by atoms with van der Waals surface area (Å²) in [7, 11) is 0. The second-order valence-corrected chi connectivity index (χ2v) is 1.58. The Morgan fingerprint density at radius 3 is 2.20 bits per heavy atom. The molecule has 0 saturated carbocycles. The summed E-state index contributed by atoms with van der Waals surface area (Å²) >= 11 is 0. The number of alkyl halides is 2. The van der Waals surface area contributed by atoms with Gasteiger partial charge in [0.2, 0.25) is 0 Å². The van der Waals surface area contributed by atoms with Crippen LogP contribution in [0.5, 0.6) is 0 Å². The fourth-order valence-corrected chi connectivity index (χ4v) is 0.437. The fourth-order valence-electron chi connectivity index (χ4n) is 0.437. The van der Waals surface area contributed by atoms with E-state index in [9.17, 15) is 17.6 Å². The van der Waals surface area contributed by atoms with Crippen molar-refractivity contribution in [2.45, 2.75) is 6.11 Å². The molecular weight excluding hydrogens is 156 g/mol. The van der Waals surface area contributed by atoms with E-state index in [2.05, 4.69) is 9.47 Å². The molecule has 1 aliphatic rings. The molecule has 0 bridgehead atoms. The third-order valence-corrected chi connectivity index (χ3v) is 0.768. The van der Waals surface area contributed by atoms with E-state index >= 15 is 0 Å². The number of halogens is 4. The topological polar surface area (TPSA) is 18.5 Å². The molecule has 1 fully saturated rings. The Bertz CT molecular complexity index is 172. The first-order chi connectivity index (χ1) is 4.51. The van der Waals surface area contributed by atoms with Crippen LogP contribution in [0.2, 0.25) is 0 Å². The highest BCUT2D eigenvalue weighted by molar-refractivity contribution is 4.88. The SMILES string of the molecule is FC(F)=C1OCC(F)(F)O1. The summed E-state index contributed by atoms with van der Waals surface area (Å²) in [5.41, 5.74) is 0. The summed E-state index contributed by atoms with van der Waals surface area (Å²) < 4.78 is 53.6. The quantitative estimate of drug-likeness (QED) is 0.499. The lowest BCUT2D eigenvalue weighted by atomic mass is 10.7. The molecule has 0 aromatic rings. The lowest BCUT2D eigenvalue weighted by Gasteiger charge is -2.01. The minimum Gasteiger partial charge on any atom is -0.451 e. The maximum atomic E-state index is 11.8. The average Bonchev–Trinajstić information content (AvgIpc) is 2.10. The lowest BCUT2D eigenvalue weighted by Crippen LogP contribution is -2.16. The third-order valence-electron chi connectivity index (χ3n) is 0.768. The van der Waals surface area contributed by atoms with Gasteiger partial charge in [0.1, 0.15) is 0 Å². The third kappa shape index (κ3) is 1.31. The molecule has 0 aliphatic carbocycles. The number of hydrogen-bond acceptors (Lipinski definition) is 2. The lowest BCUT2D eigenvalue weighted by molar-refractivity contribution is -0.182. The number of hydrogen-bond donors (Lipinski definition) is 0. The van der Waals surface area contributed by atoms with Crippen molar-refractivity contribution in [2.24, 2.45) is 0 Å². The standard InChI is InChI=1S/C4H2F4O2/c5-2(6)3-9-1-4(7,8)10-3/h1H2. The van der Waals surface area contributed by atoms with E-state index in [1.807, 2.05) is 0 Å². The van der Waals surface area contributed by atoms with Gasteiger partial charge >= 0.3 is 18.1 Å². The molecule has 0 atom stereocenters. The Kier molecular flexibility index (Phi) is 1.46. The van der Waals surface area contributed by atoms with Crippen molar-refractivity contribution in [3.63, 3.8) is 0 Å². The zero-order valence-electron chi connectivity index (χ0n) is 4.54. The second-order valence-electron chi connectivity index (χ2n) is 1.58. The summed E-state index contributed by atoms with van der Waals surface area (Å²) in [5, 5.41) is 0. The molecule has 1 saturated heterocycles. The van der Waals surface area contributed by atoms with Gasteiger partial charge in [-0.2, -0.15) is 17.6 Å². The Morgan fingerprint density at radius 1 is 1.40 bits per heavy atom. The molecule has 2 nitrogen and oxygen atoms in total. The first kappa shape index (κ1) is 7.17. The van der Waals surface area contributed by atoms with Gasteiger partial charge in [0.25, 0.3) is 0 Å². The minimum atomic E-state index is -3.61. The van der Waals surface area contributed by atoms with Crippen molar-refractivity contribution in [1.82, 2.24) is 0 Å². The molecule has 0 unspecified atom stereocenters. The highest BCUT2D eigenvalue weighted by atomic mass is 19.3. The first-order valence-corrected chi connectivity index (χ1v) is 2.26. The van der Waals surface area contributed by atoms with E-state index < -0.39 is 24.7 Å². The van der Waals surface area contributed by atoms with Crippen LogP contribution < -0.4 is 0 Å². The molecule has 6 heteroatoms. The van der Waals surface area contributed by atoms with Crippen LogP contribution in [0, 0.1) is 0 Å². The van der Waals surface area contributed by atoms with Crippen molar-refractivity contribution in [3.05, 3.63) is 12.0 Å². The summed E-state index contributed by atoms with van der Waals surface area (Å²) in [6.07, 6.45) is -5.99. The summed E-state index contributed by atoms with van der Waals surface area (Å²) in [5.74, 6) is -1.38. The van der Waals surface area contributed by atoms with Crippen LogP contribution in [0.15, 0.2) is 12.0 Å². The van der Waals surface area contributed by atoms with Gasteiger partial charge in [-0.1, -0.05) is 0 Å². The van der Waals surface area contributed by atoms with Gasteiger partial charge in [0.05, 0.1) is 0 Å². The molecule has 0 spiro atoms. The molecular formula is C4H2F4O2. The fraction of sp³-hybridized carbons (Fsp3) is 0.500. The maximum Gasteiger partial charge on any atom is 0.435 e. The normalized spacial score (nSPS) is 21.8. The van der Waals surface area contributed by atoms with Crippen LogP contribution in [0.25, 0.3) is 0 Å². The zero-order valence-corrected chi connectivity index (χ0v) is 4.54. The van der Waals surface area contributed by atoms with Crippen LogP contribution in [-0.4, -0.2) is 12.7 Å². The molecule has 0 N–H and O–H groups in total. The van der Waals surface area contributed by atoms with Crippen LogP contribution in [0.1, 0.15) is 0 Å². The van der Waals surface area contributed by atoms with Crippen LogP contribution in [-0.2, 0) is 9.47 Å². The first-order valence-electron chi connectivity index (χ1n) is 2.26. The van der Waals surface area contributed by atoms with Gasteiger partial charge < -0.3 is 9.47 Å². The van der Waals surface area contributed by atoms with Gasteiger partial charge in [-0.05, 0) is 0 Å². The molecule has 10 heavy (non-hydrogen) atoms. The van der Waals surface area contributed by atoms with Gasteiger partial charge in [-0.3, -0.25) is 0 Å². The molecule has 0 radical (unpaired) electrons. The highest BCUT2D eigenvalue weighted by Gasteiger charge is 2.42. The summed E-state index contributed by atoms with van der Waals surface area (Å²) in [4.78, 5) is 0. The largest absolute Gasteiger partial charge is 0.451 e. The van der Waals surface area contributed by atoms with Crippen molar-refractivity contribution in [2.75, 3.05) is 6.61 Å². The van der Waals surface area contributed by atoms with Crippen LogP contribution in [0.3, 0.4) is 0 Å². The van der Waals surface area contributed by atoms with Crippen molar-refractivity contribution >= 4 is 0 Å². The Hall–Kier alpha value is -0.940. The Labute approximate surface area is 53.0 Å².